The van der Waals surface area contributed by atoms with Crippen molar-refractivity contribution in [2.45, 2.75) is 77.3 Å². The molecule has 0 radical (unpaired) electrons. The average molecular weight is 264 g/mol. The second-order valence-electron chi connectivity index (χ2n) is 7.47. The molecule has 1 atom stereocenters. The Hall–Kier alpha value is -0.0800. The molecule has 2 saturated carbocycles. The molecule has 3 rings (SSSR count). The van der Waals surface area contributed by atoms with Gasteiger partial charge in [0.25, 0.3) is 0 Å². The highest BCUT2D eigenvalue weighted by Gasteiger charge is 2.55. The van der Waals surface area contributed by atoms with Crippen molar-refractivity contribution in [3.05, 3.63) is 0 Å². The van der Waals surface area contributed by atoms with Gasteiger partial charge in [0.1, 0.15) is 0 Å². The first-order chi connectivity index (χ1) is 9.17. The number of nitrogens with one attached hydrogen (secondary N) is 1. The van der Waals surface area contributed by atoms with Crippen LogP contribution in [-0.4, -0.2) is 36.1 Å². The SMILES string of the molecule is CCC1CNC(CC)(CC)CN1CC1(C2CC2)CC1. The minimum Gasteiger partial charge on any atom is -0.308 e. The fourth-order valence-electron chi connectivity index (χ4n) is 4.30. The summed E-state index contributed by atoms with van der Waals surface area (Å²) in [7, 11) is 0. The molecule has 1 saturated heterocycles. The van der Waals surface area contributed by atoms with Crippen LogP contribution in [0.4, 0.5) is 0 Å². The summed E-state index contributed by atoms with van der Waals surface area (Å²) in [5, 5.41) is 3.87. The highest BCUT2D eigenvalue weighted by molar-refractivity contribution is 5.07. The van der Waals surface area contributed by atoms with Crippen molar-refractivity contribution in [1.29, 1.82) is 0 Å². The molecule has 2 aliphatic carbocycles. The Morgan fingerprint density at radius 2 is 1.79 bits per heavy atom. The van der Waals surface area contributed by atoms with Crippen LogP contribution in [-0.2, 0) is 0 Å². The Balaban J connectivity index is 1.68. The molecule has 2 heteroatoms. The predicted octanol–water partition coefficient (Wildman–Crippen LogP) is 3.42. The largest absolute Gasteiger partial charge is 0.308 e. The highest BCUT2D eigenvalue weighted by Crippen LogP contribution is 2.61. The quantitative estimate of drug-likeness (QED) is 0.791. The van der Waals surface area contributed by atoms with Crippen LogP contribution in [0.1, 0.15) is 65.7 Å². The van der Waals surface area contributed by atoms with Gasteiger partial charge in [0.15, 0.2) is 0 Å². The molecule has 1 heterocycles. The van der Waals surface area contributed by atoms with E-state index in [4.69, 9.17) is 0 Å². The van der Waals surface area contributed by atoms with E-state index < -0.39 is 0 Å². The lowest BCUT2D eigenvalue weighted by molar-refractivity contribution is 0.0495. The van der Waals surface area contributed by atoms with Crippen molar-refractivity contribution in [2.24, 2.45) is 11.3 Å². The number of rotatable bonds is 6. The van der Waals surface area contributed by atoms with Crippen LogP contribution in [0.15, 0.2) is 0 Å². The smallest absolute Gasteiger partial charge is 0.0304 e. The first-order valence-electron chi connectivity index (χ1n) is 8.66. The fourth-order valence-corrected chi connectivity index (χ4v) is 4.30. The molecule has 2 nitrogen and oxygen atoms in total. The second-order valence-corrected chi connectivity index (χ2v) is 7.47. The van der Waals surface area contributed by atoms with Crippen LogP contribution < -0.4 is 5.32 Å². The summed E-state index contributed by atoms with van der Waals surface area (Å²) in [6, 6.07) is 0.780. The number of hydrogen-bond acceptors (Lipinski definition) is 2. The molecule has 3 fully saturated rings. The Bertz CT molecular complexity index is 311. The zero-order valence-electron chi connectivity index (χ0n) is 13.2. The summed E-state index contributed by atoms with van der Waals surface area (Å²) in [6.07, 6.45) is 9.93. The van der Waals surface area contributed by atoms with Crippen LogP contribution in [0.5, 0.6) is 0 Å². The van der Waals surface area contributed by atoms with E-state index >= 15 is 0 Å². The standard InChI is InChI=1S/C17H32N2/c1-4-15-11-18-17(5-2,6-3)13-19(15)12-16(9-10-16)14-7-8-14/h14-15,18H,4-13H2,1-3H3. The van der Waals surface area contributed by atoms with Gasteiger partial charge in [-0.05, 0) is 56.3 Å². The molecular formula is C17H32N2. The molecule has 0 bridgehead atoms. The Morgan fingerprint density at radius 3 is 2.26 bits per heavy atom. The maximum absolute atomic E-state index is 3.87. The number of hydrogen-bond donors (Lipinski definition) is 1. The minimum absolute atomic E-state index is 0.394. The molecule has 1 N–H and O–H groups in total. The van der Waals surface area contributed by atoms with Gasteiger partial charge in [-0.15, -0.1) is 0 Å². The molecule has 0 aromatic heterocycles. The zero-order valence-corrected chi connectivity index (χ0v) is 13.2. The average Bonchev–Trinajstić information content (AvgIpc) is 3.30. The van der Waals surface area contributed by atoms with E-state index in [9.17, 15) is 0 Å². The highest BCUT2D eigenvalue weighted by atomic mass is 15.3. The third-order valence-electron chi connectivity index (χ3n) is 6.41. The maximum atomic E-state index is 3.87. The van der Waals surface area contributed by atoms with E-state index in [0.29, 0.717) is 5.54 Å². The Labute approximate surface area is 119 Å². The summed E-state index contributed by atoms with van der Waals surface area (Å²) >= 11 is 0. The summed E-state index contributed by atoms with van der Waals surface area (Å²) in [6.45, 7) is 11.0. The van der Waals surface area contributed by atoms with E-state index in [1.165, 1.54) is 64.6 Å². The molecule has 3 aliphatic rings. The van der Waals surface area contributed by atoms with Crippen molar-refractivity contribution in [3.63, 3.8) is 0 Å². The fraction of sp³-hybridized carbons (Fsp3) is 1.00. The van der Waals surface area contributed by atoms with Gasteiger partial charge in [-0.25, -0.2) is 0 Å². The maximum Gasteiger partial charge on any atom is 0.0304 e. The molecule has 0 aromatic carbocycles. The lowest BCUT2D eigenvalue weighted by Crippen LogP contribution is -2.64. The third kappa shape index (κ3) is 2.58. The predicted molar refractivity (Wildman–Crippen MR) is 81.4 cm³/mol. The third-order valence-corrected chi connectivity index (χ3v) is 6.41. The molecule has 110 valence electrons. The van der Waals surface area contributed by atoms with E-state index in [1.807, 2.05) is 0 Å². The summed E-state index contributed by atoms with van der Waals surface area (Å²) < 4.78 is 0. The van der Waals surface area contributed by atoms with Gasteiger partial charge < -0.3 is 5.32 Å². The van der Waals surface area contributed by atoms with E-state index in [2.05, 4.69) is 31.0 Å². The molecule has 19 heavy (non-hydrogen) atoms. The van der Waals surface area contributed by atoms with Gasteiger partial charge in [0.05, 0.1) is 0 Å². The topological polar surface area (TPSA) is 15.3 Å². The van der Waals surface area contributed by atoms with Crippen LogP contribution in [0.3, 0.4) is 0 Å². The Kier molecular flexibility index (Phi) is 3.68. The summed E-state index contributed by atoms with van der Waals surface area (Å²) in [4.78, 5) is 2.87. The van der Waals surface area contributed by atoms with Crippen molar-refractivity contribution in [3.8, 4) is 0 Å². The van der Waals surface area contributed by atoms with Crippen LogP contribution in [0, 0.1) is 11.3 Å². The lowest BCUT2D eigenvalue weighted by Gasteiger charge is -2.48. The molecule has 1 unspecified atom stereocenters. The normalized spacial score (nSPS) is 33.3. The van der Waals surface area contributed by atoms with Crippen molar-refractivity contribution in [2.75, 3.05) is 19.6 Å². The first-order valence-corrected chi connectivity index (χ1v) is 8.66. The van der Waals surface area contributed by atoms with Crippen molar-refractivity contribution < 1.29 is 0 Å². The minimum atomic E-state index is 0.394. The van der Waals surface area contributed by atoms with Gasteiger partial charge in [-0.2, -0.15) is 0 Å². The van der Waals surface area contributed by atoms with Gasteiger partial charge in [0, 0.05) is 31.2 Å². The monoisotopic (exact) mass is 264 g/mol. The van der Waals surface area contributed by atoms with E-state index in [-0.39, 0.29) is 0 Å². The first kappa shape index (κ1) is 13.9. The van der Waals surface area contributed by atoms with Gasteiger partial charge in [-0.1, -0.05) is 20.8 Å². The molecular weight excluding hydrogens is 232 g/mol. The lowest BCUT2D eigenvalue weighted by atomic mass is 9.86. The van der Waals surface area contributed by atoms with Crippen LogP contribution in [0.25, 0.3) is 0 Å². The molecule has 0 aromatic rings. The zero-order chi connectivity index (χ0) is 13.5. The van der Waals surface area contributed by atoms with Gasteiger partial charge >= 0.3 is 0 Å². The summed E-state index contributed by atoms with van der Waals surface area (Å²) in [5.74, 6) is 1.09. The van der Waals surface area contributed by atoms with Crippen molar-refractivity contribution >= 4 is 0 Å². The van der Waals surface area contributed by atoms with E-state index in [1.54, 1.807) is 0 Å². The number of nitrogens with zero attached hydrogens (tertiary/aromatic N) is 1. The number of piperazine rings is 1. The Morgan fingerprint density at radius 1 is 1.11 bits per heavy atom. The molecule has 0 spiro atoms. The van der Waals surface area contributed by atoms with Gasteiger partial charge in [0.2, 0.25) is 0 Å². The molecule has 0 amide bonds. The van der Waals surface area contributed by atoms with Crippen LogP contribution in [0.2, 0.25) is 0 Å². The van der Waals surface area contributed by atoms with Crippen LogP contribution >= 0.6 is 0 Å². The molecule has 1 aliphatic heterocycles. The second kappa shape index (κ2) is 5.04. The summed E-state index contributed by atoms with van der Waals surface area (Å²) in [5.41, 5.74) is 1.16. The van der Waals surface area contributed by atoms with Gasteiger partial charge in [-0.3, -0.25) is 4.90 Å². The van der Waals surface area contributed by atoms with E-state index in [0.717, 1.165) is 17.4 Å². The van der Waals surface area contributed by atoms with Crippen molar-refractivity contribution in [1.82, 2.24) is 10.2 Å².